The van der Waals surface area contributed by atoms with Crippen molar-refractivity contribution in [3.63, 3.8) is 0 Å². The summed E-state index contributed by atoms with van der Waals surface area (Å²) in [6.45, 7) is 1.82. The van der Waals surface area contributed by atoms with E-state index in [-0.39, 0.29) is 17.2 Å². The van der Waals surface area contributed by atoms with Crippen molar-refractivity contribution in [2.45, 2.75) is 45.4 Å². The SMILES string of the molecule is Cc1ccc(F)cc1NC(=O)c1ccc(NC(=O)C23CC4CC(CC(C4)C2)C3)cc1. The summed E-state index contributed by atoms with van der Waals surface area (Å²) in [5, 5.41) is 5.86. The van der Waals surface area contributed by atoms with E-state index in [2.05, 4.69) is 10.6 Å². The van der Waals surface area contributed by atoms with E-state index in [4.69, 9.17) is 0 Å². The first-order valence-electron chi connectivity index (χ1n) is 10.9. The first-order valence-corrected chi connectivity index (χ1v) is 10.9. The molecule has 4 bridgehead atoms. The maximum atomic E-state index is 13.5. The van der Waals surface area contributed by atoms with Crippen LogP contribution in [0.15, 0.2) is 42.5 Å². The maximum Gasteiger partial charge on any atom is 0.255 e. The smallest absolute Gasteiger partial charge is 0.255 e. The zero-order chi connectivity index (χ0) is 20.9. The number of rotatable bonds is 4. The average molecular weight is 407 g/mol. The van der Waals surface area contributed by atoms with Gasteiger partial charge in [0.25, 0.3) is 5.91 Å². The summed E-state index contributed by atoms with van der Waals surface area (Å²) < 4.78 is 13.5. The first-order chi connectivity index (χ1) is 14.4. The number of aryl methyl sites for hydroxylation is 1. The lowest BCUT2D eigenvalue weighted by Gasteiger charge is -2.55. The summed E-state index contributed by atoms with van der Waals surface area (Å²) in [4.78, 5) is 25.7. The lowest BCUT2D eigenvalue weighted by Crippen LogP contribution is -2.51. The minimum absolute atomic E-state index is 0.147. The van der Waals surface area contributed by atoms with E-state index in [1.165, 1.54) is 31.4 Å². The van der Waals surface area contributed by atoms with Gasteiger partial charge in [-0.15, -0.1) is 0 Å². The second-order valence-electron chi connectivity index (χ2n) is 9.64. The van der Waals surface area contributed by atoms with Gasteiger partial charge in [0, 0.05) is 16.9 Å². The minimum atomic E-state index is -0.390. The Morgan fingerprint density at radius 1 is 0.900 bits per heavy atom. The third-order valence-electron chi connectivity index (χ3n) is 7.37. The van der Waals surface area contributed by atoms with Crippen LogP contribution in [0.4, 0.5) is 15.8 Å². The van der Waals surface area contributed by atoms with Crippen LogP contribution in [-0.2, 0) is 4.79 Å². The molecule has 4 saturated carbocycles. The summed E-state index contributed by atoms with van der Waals surface area (Å²) in [6, 6.07) is 11.2. The minimum Gasteiger partial charge on any atom is -0.326 e. The number of benzene rings is 2. The van der Waals surface area contributed by atoms with E-state index in [1.807, 2.05) is 6.92 Å². The highest BCUT2D eigenvalue weighted by atomic mass is 19.1. The summed E-state index contributed by atoms with van der Waals surface area (Å²) in [7, 11) is 0. The van der Waals surface area contributed by atoms with Crippen LogP contribution >= 0.6 is 0 Å². The molecule has 0 atom stereocenters. The van der Waals surface area contributed by atoms with Crippen molar-refractivity contribution in [1.82, 2.24) is 0 Å². The number of halogens is 1. The number of amides is 2. The number of carbonyl (C=O) groups is 2. The topological polar surface area (TPSA) is 58.2 Å². The Kier molecular flexibility index (Phi) is 4.64. The Hall–Kier alpha value is -2.69. The molecule has 4 nitrogen and oxygen atoms in total. The number of carbonyl (C=O) groups excluding carboxylic acids is 2. The Bertz CT molecular complexity index is 963. The number of nitrogens with one attached hydrogen (secondary N) is 2. The fraction of sp³-hybridized carbons (Fsp3) is 0.440. The van der Waals surface area contributed by atoms with Crippen LogP contribution in [-0.4, -0.2) is 11.8 Å². The molecule has 0 radical (unpaired) electrons. The van der Waals surface area contributed by atoms with Crippen LogP contribution in [0.2, 0.25) is 0 Å². The van der Waals surface area contributed by atoms with Crippen LogP contribution in [0.1, 0.15) is 54.4 Å². The molecule has 0 spiro atoms. The maximum absolute atomic E-state index is 13.5. The molecule has 0 heterocycles. The Morgan fingerprint density at radius 2 is 1.50 bits per heavy atom. The molecule has 2 aromatic rings. The van der Waals surface area contributed by atoms with E-state index in [0.717, 1.165) is 42.6 Å². The van der Waals surface area contributed by atoms with Gasteiger partial charge in [-0.3, -0.25) is 9.59 Å². The molecule has 2 amide bonds. The molecule has 156 valence electrons. The molecule has 4 fully saturated rings. The third kappa shape index (κ3) is 3.51. The molecule has 30 heavy (non-hydrogen) atoms. The molecule has 0 saturated heterocycles. The van der Waals surface area contributed by atoms with Crippen molar-refractivity contribution >= 4 is 23.2 Å². The van der Waals surface area contributed by atoms with Gasteiger partial charge in [0.05, 0.1) is 5.41 Å². The van der Waals surface area contributed by atoms with Crippen molar-refractivity contribution in [3.8, 4) is 0 Å². The van der Waals surface area contributed by atoms with Crippen LogP contribution in [0.5, 0.6) is 0 Å². The molecule has 0 aromatic heterocycles. The normalized spacial score (nSPS) is 28.9. The van der Waals surface area contributed by atoms with Crippen LogP contribution in [0.3, 0.4) is 0 Å². The van der Waals surface area contributed by atoms with Crippen molar-refractivity contribution in [2.75, 3.05) is 10.6 Å². The number of anilines is 2. The van der Waals surface area contributed by atoms with Crippen molar-refractivity contribution in [1.29, 1.82) is 0 Å². The highest BCUT2D eigenvalue weighted by molar-refractivity contribution is 6.05. The van der Waals surface area contributed by atoms with Gasteiger partial charge in [-0.25, -0.2) is 4.39 Å². The van der Waals surface area contributed by atoms with Crippen LogP contribution < -0.4 is 10.6 Å². The molecule has 4 aliphatic carbocycles. The lowest BCUT2D eigenvalue weighted by molar-refractivity contribution is -0.140. The fourth-order valence-electron chi connectivity index (χ4n) is 6.28. The molecule has 2 N–H and O–H groups in total. The van der Waals surface area contributed by atoms with Gasteiger partial charge in [0.1, 0.15) is 5.82 Å². The predicted octanol–water partition coefficient (Wildman–Crippen LogP) is 5.54. The molecule has 5 heteroatoms. The fourth-order valence-corrected chi connectivity index (χ4v) is 6.28. The van der Waals surface area contributed by atoms with Gasteiger partial charge >= 0.3 is 0 Å². The number of hydrogen-bond donors (Lipinski definition) is 2. The van der Waals surface area contributed by atoms with Crippen molar-refractivity contribution < 1.29 is 14.0 Å². The molecule has 0 unspecified atom stereocenters. The second kappa shape index (κ2) is 7.22. The summed E-state index contributed by atoms with van der Waals surface area (Å²) in [6.07, 6.45) is 7.00. The van der Waals surface area contributed by atoms with E-state index >= 15 is 0 Å². The predicted molar refractivity (Wildman–Crippen MR) is 115 cm³/mol. The van der Waals surface area contributed by atoms with Gasteiger partial charge in [-0.1, -0.05) is 6.07 Å². The molecule has 2 aromatic carbocycles. The largest absolute Gasteiger partial charge is 0.326 e. The lowest BCUT2D eigenvalue weighted by atomic mass is 9.49. The zero-order valence-corrected chi connectivity index (χ0v) is 17.2. The van der Waals surface area contributed by atoms with Crippen molar-refractivity contribution in [3.05, 3.63) is 59.4 Å². The Morgan fingerprint density at radius 3 is 2.10 bits per heavy atom. The van der Waals surface area contributed by atoms with Gasteiger partial charge in [0.15, 0.2) is 0 Å². The third-order valence-corrected chi connectivity index (χ3v) is 7.37. The highest BCUT2D eigenvalue weighted by Gasteiger charge is 2.54. The highest BCUT2D eigenvalue weighted by Crippen LogP contribution is 2.60. The monoisotopic (exact) mass is 406 g/mol. The Labute approximate surface area is 176 Å². The number of hydrogen-bond acceptors (Lipinski definition) is 2. The van der Waals surface area contributed by atoms with E-state index < -0.39 is 5.82 Å². The van der Waals surface area contributed by atoms with Gasteiger partial charge in [-0.2, -0.15) is 0 Å². The summed E-state index contributed by atoms with van der Waals surface area (Å²) >= 11 is 0. The van der Waals surface area contributed by atoms with E-state index in [9.17, 15) is 14.0 Å². The van der Waals surface area contributed by atoms with E-state index in [1.54, 1.807) is 30.3 Å². The van der Waals surface area contributed by atoms with Crippen LogP contribution in [0.25, 0.3) is 0 Å². The summed E-state index contributed by atoms with van der Waals surface area (Å²) in [5.41, 5.74) is 2.24. The molecule has 6 rings (SSSR count). The standard InChI is InChI=1S/C25H27FN2O2/c1-15-2-5-20(26)11-22(15)28-23(29)19-3-6-21(7-4-19)27-24(30)25-12-16-8-17(13-25)10-18(9-16)14-25/h2-7,11,16-18H,8-10,12-14H2,1H3,(H,27,30)(H,28,29). The molecular weight excluding hydrogens is 379 g/mol. The van der Waals surface area contributed by atoms with E-state index in [0.29, 0.717) is 16.9 Å². The molecule has 0 aliphatic heterocycles. The van der Waals surface area contributed by atoms with Crippen LogP contribution in [0, 0.1) is 35.9 Å². The zero-order valence-electron chi connectivity index (χ0n) is 17.2. The quantitative estimate of drug-likeness (QED) is 0.700. The summed E-state index contributed by atoms with van der Waals surface area (Å²) in [5.74, 6) is 1.62. The van der Waals surface area contributed by atoms with Gasteiger partial charge in [0.2, 0.25) is 5.91 Å². The van der Waals surface area contributed by atoms with Crippen molar-refractivity contribution in [2.24, 2.45) is 23.2 Å². The Balaban J connectivity index is 1.26. The first kappa shape index (κ1) is 19.3. The average Bonchev–Trinajstić information content (AvgIpc) is 2.70. The van der Waals surface area contributed by atoms with Gasteiger partial charge in [-0.05, 0) is 105 Å². The molecular formula is C25H27FN2O2. The van der Waals surface area contributed by atoms with Gasteiger partial charge < -0.3 is 10.6 Å². The second-order valence-corrected chi connectivity index (χ2v) is 9.64. The molecule has 4 aliphatic rings.